The molecule has 5 atom stereocenters. The summed E-state index contributed by atoms with van der Waals surface area (Å²) < 4.78 is 18.4. The van der Waals surface area contributed by atoms with Crippen LogP contribution in [0.25, 0.3) is 11.2 Å². The maximum Gasteiger partial charge on any atom is 0.303 e. The van der Waals surface area contributed by atoms with Crippen molar-refractivity contribution in [3.8, 4) is 0 Å². The van der Waals surface area contributed by atoms with Crippen LogP contribution in [-0.4, -0.2) is 61.1 Å². The van der Waals surface area contributed by atoms with Crippen LogP contribution in [0.5, 0.6) is 0 Å². The van der Waals surface area contributed by atoms with Gasteiger partial charge in [-0.15, -0.1) is 0 Å². The van der Waals surface area contributed by atoms with E-state index in [0.29, 0.717) is 49.0 Å². The van der Waals surface area contributed by atoms with E-state index in [4.69, 9.17) is 18.9 Å². The van der Waals surface area contributed by atoms with Crippen molar-refractivity contribution in [3.05, 3.63) is 48.0 Å². The molecule has 38 heavy (non-hydrogen) atoms. The Morgan fingerprint density at radius 1 is 1.11 bits per heavy atom. The first-order chi connectivity index (χ1) is 18.4. The third-order valence-electron chi connectivity index (χ3n) is 6.27. The number of carboxylic acids is 1. The Morgan fingerprint density at radius 2 is 1.89 bits per heavy atom. The van der Waals surface area contributed by atoms with Crippen molar-refractivity contribution in [2.45, 2.75) is 57.0 Å². The molecule has 1 fully saturated rings. The summed E-state index contributed by atoms with van der Waals surface area (Å²) in [5.41, 5.74) is 2.27. The Labute approximate surface area is 223 Å². The summed E-state index contributed by atoms with van der Waals surface area (Å²) in [7, 11) is 4.46. The number of aryl methyl sites for hydroxylation is 1. The average Bonchev–Trinajstić information content (AvgIpc) is 3.52. The zero-order valence-electron chi connectivity index (χ0n) is 20.5. The molecule has 14 heteroatoms. The quantitative estimate of drug-likeness (QED) is 0.298. The van der Waals surface area contributed by atoms with E-state index in [9.17, 15) is 14.4 Å². The fourth-order valence-electron chi connectivity index (χ4n) is 4.26. The number of carbonyl (C=O) groups is 3. The number of aromatic nitrogens is 4. The van der Waals surface area contributed by atoms with Crippen molar-refractivity contribution < 1.29 is 33.3 Å². The number of carboxylic acid groups (broad SMARTS) is 1. The lowest BCUT2D eigenvalue weighted by Crippen LogP contribution is -2.25. The number of nitrogens with zero attached hydrogens (tertiary/aromatic N) is 4. The monoisotopic (exact) mass is 561 g/mol. The van der Waals surface area contributed by atoms with Gasteiger partial charge in [0, 0.05) is 50.2 Å². The SMILES string of the molecule is O=C(O)CCCC(=O)CCc1ccc(C(=O)Nc2ncnc3c2ncn3[C@H]2C[C@@H](OP)[C@@H](COP)O2)cc1. The third kappa shape index (κ3) is 6.95. The number of amides is 1. The summed E-state index contributed by atoms with van der Waals surface area (Å²) >= 11 is 0. The van der Waals surface area contributed by atoms with Crippen LogP contribution in [-0.2, 0) is 29.8 Å². The van der Waals surface area contributed by atoms with Crippen molar-refractivity contribution >= 4 is 53.6 Å². The van der Waals surface area contributed by atoms with Crippen molar-refractivity contribution in [3.63, 3.8) is 0 Å². The summed E-state index contributed by atoms with van der Waals surface area (Å²) in [6.07, 6.45) is 4.15. The molecule has 0 spiro atoms. The van der Waals surface area contributed by atoms with E-state index in [-0.39, 0.29) is 48.8 Å². The number of nitrogens with one attached hydrogen (secondary N) is 1. The fourth-order valence-corrected chi connectivity index (χ4v) is 4.74. The molecule has 3 aromatic rings. The van der Waals surface area contributed by atoms with E-state index < -0.39 is 5.97 Å². The second-order valence-electron chi connectivity index (χ2n) is 8.86. The van der Waals surface area contributed by atoms with E-state index >= 15 is 0 Å². The van der Waals surface area contributed by atoms with Crippen molar-refractivity contribution in [1.29, 1.82) is 0 Å². The normalized spacial score (nSPS) is 19.1. The number of carbonyl (C=O) groups excluding carboxylic acids is 2. The number of fused-ring (bicyclic) bond motifs is 1. The van der Waals surface area contributed by atoms with Crippen LogP contribution < -0.4 is 5.32 Å². The summed E-state index contributed by atoms with van der Waals surface area (Å²) in [5, 5.41) is 11.5. The standard InChI is InChI=1S/C24H29N5O7P2/c30-16(2-1-3-20(31)32)9-6-14-4-7-15(8-5-14)24(33)28-22-21-23(26-12-25-22)29(13-27-21)19-10-17(36-38)18(35-19)11-34-37/h4-5,7-8,12-13,17-19H,1-3,6,9-11,37-38H2,(H,31,32)(H,25,26,28,33)/t17-,18-,19-/m1/s1. The molecule has 1 saturated heterocycles. The number of ether oxygens (including phenoxy) is 1. The number of rotatable bonds is 13. The lowest BCUT2D eigenvalue weighted by Gasteiger charge is -2.15. The topological polar surface area (TPSA) is 155 Å². The molecule has 0 saturated carbocycles. The lowest BCUT2D eigenvalue weighted by atomic mass is 10.0. The van der Waals surface area contributed by atoms with E-state index in [2.05, 4.69) is 39.2 Å². The van der Waals surface area contributed by atoms with Crippen molar-refractivity contribution in [2.24, 2.45) is 0 Å². The fraction of sp³-hybridized carbons (Fsp3) is 0.417. The third-order valence-corrected chi connectivity index (χ3v) is 6.81. The number of hydrogen-bond acceptors (Lipinski definition) is 9. The zero-order valence-corrected chi connectivity index (χ0v) is 22.8. The van der Waals surface area contributed by atoms with Gasteiger partial charge in [0.1, 0.15) is 24.4 Å². The van der Waals surface area contributed by atoms with Gasteiger partial charge in [0.05, 0.1) is 19.0 Å². The summed E-state index contributed by atoms with van der Waals surface area (Å²) in [4.78, 5) is 48.4. The van der Waals surface area contributed by atoms with Crippen LogP contribution in [0.15, 0.2) is 36.9 Å². The predicted molar refractivity (Wildman–Crippen MR) is 143 cm³/mol. The Morgan fingerprint density at radius 3 is 2.61 bits per heavy atom. The van der Waals surface area contributed by atoms with Gasteiger partial charge in [0.25, 0.3) is 5.91 Å². The van der Waals surface area contributed by atoms with Gasteiger partial charge in [-0.1, -0.05) is 12.1 Å². The first kappa shape index (κ1) is 28.1. The highest BCUT2D eigenvalue weighted by atomic mass is 31.0. The Hall–Kier alpha value is -2.88. The largest absolute Gasteiger partial charge is 0.481 e. The van der Waals surface area contributed by atoms with E-state index in [1.807, 2.05) is 0 Å². The molecule has 1 aliphatic rings. The molecule has 0 bridgehead atoms. The molecule has 2 N–H and O–H groups in total. The minimum atomic E-state index is -0.902. The number of imidazole rings is 1. The van der Waals surface area contributed by atoms with Crippen LogP contribution in [0, 0.1) is 0 Å². The molecule has 4 rings (SSSR count). The van der Waals surface area contributed by atoms with Gasteiger partial charge in [-0.25, -0.2) is 15.0 Å². The van der Waals surface area contributed by atoms with E-state index in [0.717, 1.165) is 5.56 Å². The van der Waals surface area contributed by atoms with Crippen LogP contribution >= 0.6 is 18.9 Å². The van der Waals surface area contributed by atoms with Gasteiger partial charge >= 0.3 is 5.97 Å². The van der Waals surface area contributed by atoms with Crippen LogP contribution in [0.3, 0.4) is 0 Å². The molecule has 1 aromatic carbocycles. The van der Waals surface area contributed by atoms with Gasteiger partial charge in [0.15, 0.2) is 17.0 Å². The highest BCUT2D eigenvalue weighted by Gasteiger charge is 2.37. The number of Topliss-reactive ketones (excluding diaryl/α,β-unsaturated/α-hetero) is 1. The molecular formula is C24H29N5O7P2. The molecule has 1 amide bonds. The summed E-state index contributed by atoms with van der Waals surface area (Å²) in [6, 6.07) is 6.95. The van der Waals surface area contributed by atoms with Crippen molar-refractivity contribution in [1.82, 2.24) is 19.5 Å². The van der Waals surface area contributed by atoms with Gasteiger partial charge in [0.2, 0.25) is 0 Å². The van der Waals surface area contributed by atoms with Gasteiger partial charge < -0.3 is 24.2 Å². The van der Waals surface area contributed by atoms with E-state index in [1.165, 1.54) is 6.33 Å². The number of benzene rings is 1. The molecular weight excluding hydrogens is 532 g/mol. The van der Waals surface area contributed by atoms with Gasteiger partial charge in [-0.3, -0.25) is 19.0 Å². The number of hydrogen-bond donors (Lipinski definition) is 2. The van der Waals surface area contributed by atoms with Crippen LogP contribution in [0.2, 0.25) is 0 Å². The Bertz CT molecular complexity index is 1290. The average molecular weight is 561 g/mol. The molecule has 0 aliphatic carbocycles. The maximum absolute atomic E-state index is 12.9. The minimum Gasteiger partial charge on any atom is -0.481 e. The van der Waals surface area contributed by atoms with Crippen LogP contribution in [0.1, 0.15) is 54.3 Å². The first-order valence-corrected chi connectivity index (χ1v) is 13.0. The lowest BCUT2D eigenvalue weighted by molar-refractivity contribution is -0.137. The molecule has 12 nitrogen and oxygen atoms in total. The van der Waals surface area contributed by atoms with Crippen molar-refractivity contribution in [2.75, 3.05) is 11.9 Å². The first-order valence-electron chi connectivity index (χ1n) is 12.0. The molecule has 1 aliphatic heterocycles. The molecule has 202 valence electrons. The molecule has 3 heterocycles. The molecule has 2 unspecified atom stereocenters. The predicted octanol–water partition coefficient (Wildman–Crippen LogP) is 3.10. The summed E-state index contributed by atoms with van der Waals surface area (Å²) in [5.74, 6) is -0.966. The Balaban J connectivity index is 1.38. The Kier molecular flexibility index (Phi) is 9.82. The maximum atomic E-state index is 12.9. The highest BCUT2D eigenvalue weighted by Crippen LogP contribution is 2.34. The van der Waals surface area contributed by atoms with Gasteiger partial charge in [-0.2, -0.15) is 0 Å². The highest BCUT2D eigenvalue weighted by molar-refractivity contribution is 7.10. The number of anilines is 1. The number of aliphatic carboxylic acids is 1. The zero-order chi connectivity index (χ0) is 27.1. The minimum absolute atomic E-state index is 0.00945. The molecule has 2 aromatic heterocycles. The van der Waals surface area contributed by atoms with Crippen LogP contribution in [0.4, 0.5) is 5.82 Å². The smallest absolute Gasteiger partial charge is 0.303 e. The van der Waals surface area contributed by atoms with E-state index in [1.54, 1.807) is 35.2 Å². The van der Waals surface area contributed by atoms with Gasteiger partial charge in [-0.05, 0) is 30.5 Å². The number of ketones is 1. The summed E-state index contributed by atoms with van der Waals surface area (Å²) in [6.45, 7) is 0.352. The second kappa shape index (κ2) is 13.3. The second-order valence-corrected chi connectivity index (χ2v) is 9.46. The molecule has 0 radical (unpaired) electrons.